The standard InChI is InChI=1S/C11H11BrN2O2/c1-16-5-4-10-13-9-6-7(12)2-3-8(9)11(15)14-10/h2-3,6H,4-5H2,1H3,(H,13,14,15). The number of methoxy groups -OCH3 is 1. The lowest BCUT2D eigenvalue weighted by molar-refractivity contribution is 0.200. The number of hydrogen-bond donors (Lipinski definition) is 1. The van der Waals surface area contributed by atoms with Gasteiger partial charge in [0.2, 0.25) is 0 Å². The molecule has 0 saturated heterocycles. The van der Waals surface area contributed by atoms with Gasteiger partial charge in [0.1, 0.15) is 5.82 Å². The molecule has 0 amide bonds. The molecule has 0 bridgehead atoms. The predicted octanol–water partition coefficient (Wildman–Crippen LogP) is 1.87. The third kappa shape index (κ3) is 2.31. The third-order valence-corrected chi connectivity index (χ3v) is 2.75. The molecule has 0 aliphatic carbocycles. The average Bonchev–Trinajstić information content (AvgIpc) is 2.25. The van der Waals surface area contributed by atoms with Gasteiger partial charge in [0, 0.05) is 18.0 Å². The van der Waals surface area contributed by atoms with Gasteiger partial charge in [-0.1, -0.05) is 15.9 Å². The Balaban J connectivity index is 2.52. The van der Waals surface area contributed by atoms with E-state index in [-0.39, 0.29) is 5.56 Å². The zero-order valence-corrected chi connectivity index (χ0v) is 10.4. The van der Waals surface area contributed by atoms with Gasteiger partial charge in [0.25, 0.3) is 5.56 Å². The normalized spacial score (nSPS) is 10.9. The van der Waals surface area contributed by atoms with Gasteiger partial charge in [-0.15, -0.1) is 0 Å². The van der Waals surface area contributed by atoms with E-state index in [9.17, 15) is 4.79 Å². The van der Waals surface area contributed by atoms with Crippen molar-refractivity contribution in [2.75, 3.05) is 13.7 Å². The van der Waals surface area contributed by atoms with Gasteiger partial charge in [0.15, 0.2) is 0 Å². The van der Waals surface area contributed by atoms with Crippen molar-refractivity contribution in [3.8, 4) is 0 Å². The Bertz CT molecular complexity index is 565. The van der Waals surface area contributed by atoms with E-state index in [1.54, 1.807) is 13.2 Å². The lowest BCUT2D eigenvalue weighted by atomic mass is 10.2. The van der Waals surface area contributed by atoms with Crippen molar-refractivity contribution in [3.63, 3.8) is 0 Å². The van der Waals surface area contributed by atoms with Gasteiger partial charge in [-0.2, -0.15) is 0 Å². The molecule has 2 rings (SSSR count). The summed E-state index contributed by atoms with van der Waals surface area (Å²) in [4.78, 5) is 18.8. The third-order valence-electron chi connectivity index (χ3n) is 2.26. The van der Waals surface area contributed by atoms with Crippen molar-refractivity contribution >= 4 is 26.8 Å². The first-order valence-electron chi connectivity index (χ1n) is 4.88. The summed E-state index contributed by atoms with van der Waals surface area (Å²) in [5, 5.41) is 0.601. The maximum absolute atomic E-state index is 11.7. The molecule has 16 heavy (non-hydrogen) atoms. The number of nitrogens with zero attached hydrogens (tertiary/aromatic N) is 1. The monoisotopic (exact) mass is 282 g/mol. The molecule has 0 fully saturated rings. The minimum Gasteiger partial charge on any atom is -0.384 e. The van der Waals surface area contributed by atoms with Crippen molar-refractivity contribution in [1.29, 1.82) is 0 Å². The van der Waals surface area contributed by atoms with E-state index < -0.39 is 0 Å². The molecular formula is C11H11BrN2O2. The largest absolute Gasteiger partial charge is 0.384 e. The molecule has 0 spiro atoms. The topological polar surface area (TPSA) is 55.0 Å². The maximum atomic E-state index is 11.7. The second kappa shape index (κ2) is 4.76. The molecule has 1 aromatic carbocycles. The van der Waals surface area contributed by atoms with Crippen molar-refractivity contribution in [1.82, 2.24) is 9.97 Å². The summed E-state index contributed by atoms with van der Waals surface area (Å²) in [7, 11) is 1.62. The lowest BCUT2D eigenvalue weighted by Crippen LogP contribution is -2.13. The number of nitrogens with one attached hydrogen (secondary N) is 1. The first kappa shape index (κ1) is 11.3. The molecule has 4 nitrogen and oxygen atoms in total. The van der Waals surface area contributed by atoms with E-state index in [1.165, 1.54) is 0 Å². The van der Waals surface area contributed by atoms with Gasteiger partial charge < -0.3 is 9.72 Å². The highest BCUT2D eigenvalue weighted by Gasteiger charge is 2.03. The summed E-state index contributed by atoms with van der Waals surface area (Å²) >= 11 is 3.36. The maximum Gasteiger partial charge on any atom is 0.258 e. The van der Waals surface area contributed by atoms with Gasteiger partial charge in [-0.25, -0.2) is 4.98 Å². The van der Waals surface area contributed by atoms with E-state index in [0.29, 0.717) is 29.8 Å². The fraction of sp³-hybridized carbons (Fsp3) is 0.273. The number of rotatable bonds is 3. The van der Waals surface area contributed by atoms with Crippen LogP contribution in [0.5, 0.6) is 0 Å². The Morgan fingerprint density at radius 3 is 3.06 bits per heavy atom. The number of fused-ring (bicyclic) bond motifs is 1. The predicted molar refractivity (Wildman–Crippen MR) is 65.6 cm³/mol. The Hall–Kier alpha value is -1.20. The molecule has 0 atom stereocenters. The molecule has 0 saturated carbocycles. The minimum absolute atomic E-state index is 0.108. The molecule has 1 N–H and O–H groups in total. The molecule has 0 aliphatic rings. The van der Waals surface area contributed by atoms with Crippen LogP contribution in [-0.4, -0.2) is 23.7 Å². The van der Waals surface area contributed by atoms with E-state index in [0.717, 1.165) is 4.47 Å². The summed E-state index contributed by atoms with van der Waals surface area (Å²) in [5.74, 6) is 0.650. The highest BCUT2D eigenvalue weighted by atomic mass is 79.9. The molecule has 5 heteroatoms. The fourth-order valence-corrected chi connectivity index (χ4v) is 1.83. The number of benzene rings is 1. The van der Waals surface area contributed by atoms with Crippen LogP contribution in [-0.2, 0) is 11.2 Å². The number of hydrogen-bond acceptors (Lipinski definition) is 3. The van der Waals surface area contributed by atoms with Gasteiger partial charge in [-0.05, 0) is 18.2 Å². The molecule has 0 radical (unpaired) electrons. The van der Waals surface area contributed by atoms with E-state index in [4.69, 9.17) is 4.74 Å². The van der Waals surface area contributed by atoms with Crippen LogP contribution < -0.4 is 5.56 Å². The Kier molecular flexibility index (Phi) is 3.36. The first-order valence-corrected chi connectivity index (χ1v) is 5.67. The van der Waals surface area contributed by atoms with Crippen LogP contribution in [0, 0.1) is 0 Å². The van der Waals surface area contributed by atoms with Crippen LogP contribution in [0.4, 0.5) is 0 Å². The highest BCUT2D eigenvalue weighted by Crippen LogP contribution is 2.15. The smallest absolute Gasteiger partial charge is 0.258 e. The first-order chi connectivity index (χ1) is 7.70. The number of aromatic amines is 1. The van der Waals surface area contributed by atoms with Crippen molar-refractivity contribution in [3.05, 3.63) is 38.9 Å². The number of ether oxygens (including phenoxy) is 1. The zero-order valence-electron chi connectivity index (χ0n) is 8.79. The molecule has 84 valence electrons. The number of aromatic nitrogens is 2. The zero-order chi connectivity index (χ0) is 11.5. The van der Waals surface area contributed by atoms with Gasteiger partial charge >= 0.3 is 0 Å². The number of halogens is 1. The second-order valence-corrected chi connectivity index (χ2v) is 4.33. The van der Waals surface area contributed by atoms with Crippen LogP contribution in [0.1, 0.15) is 5.82 Å². The van der Waals surface area contributed by atoms with Crippen LogP contribution >= 0.6 is 15.9 Å². The van der Waals surface area contributed by atoms with Crippen LogP contribution in [0.3, 0.4) is 0 Å². The van der Waals surface area contributed by atoms with E-state index >= 15 is 0 Å². The molecule has 2 aromatic rings. The molecular weight excluding hydrogens is 272 g/mol. The van der Waals surface area contributed by atoms with Crippen molar-refractivity contribution in [2.24, 2.45) is 0 Å². The Morgan fingerprint density at radius 2 is 2.31 bits per heavy atom. The van der Waals surface area contributed by atoms with Crippen molar-refractivity contribution in [2.45, 2.75) is 6.42 Å². The summed E-state index contributed by atoms with van der Waals surface area (Å²) in [6.07, 6.45) is 0.605. The SMILES string of the molecule is COCCc1nc2cc(Br)ccc2c(=O)[nH]1. The second-order valence-electron chi connectivity index (χ2n) is 3.42. The molecule has 0 unspecified atom stereocenters. The van der Waals surface area contributed by atoms with Gasteiger partial charge in [0.05, 0.1) is 17.5 Å². The Labute approximate surface area is 101 Å². The Morgan fingerprint density at radius 1 is 1.50 bits per heavy atom. The van der Waals surface area contributed by atoms with Crippen LogP contribution in [0.15, 0.2) is 27.5 Å². The molecule has 1 aromatic heterocycles. The summed E-state index contributed by atoms with van der Waals surface area (Å²) < 4.78 is 5.86. The summed E-state index contributed by atoms with van der Waals surface area (Å²) in [6.45, 7) is 0.544. The minimum atomic E-state index is -0.108. The van der Waals surface area contributed by atoms with Crippen molar-refractivity contribution < 1.29 is 4.74 Å². The van der Waals surface area contributed by atoms with Gasteiger partial charge in [-0.3, -0.25) is 4.79 Å². The molecule has 1 heterocycles. The summed E-state index contributed by atoms with van der Waals surface area (Å²) in [6, 6.07) is 5.42. The highest BCUT2D eigenvalue weighted by molar-refractivity contribution is 9.10. The van der Waals surface area contributed by atoms with Crippen LogP contribution in [0.2, 0.25) is 0 Å². The van der Waals surface area contributed by atoms with E-state index in [1.807, 2.05) is 12.1 Å². The lowest BCUT2D eigenvalue weighted by Gasteiger charge is -2.02. The molecule has 0 aliphatic heterocycles. The van der Waals surface area contributed by atoms with Crippen LogP contribution in [0.25, 0.3) is 10.9 Å². The number of H-pyrrole nitrogens is 1. The fourth-order valence-electron chi connectivity index (χ4n) is 1.48. The van der Waals surface area contributed by atoms with E-state index in [2.05, 4.69) is 25.9 Å². The summed E-state index contributed by atoms with van der Waals surface area (Å²) in [5.41, 5.74) is 0.591. The average molecular weight is 283 g/mol. The quantitative estimate of drug-likeness (QED) is 0.935.